The van der Waals surface area contributed by atoms with Crippen LogP contribution in [0.25, 0.3) is 0 Å². The first-order chi connectivity index (χ1) is 8.27. The second-order valence-electron chi connectivity index (χ2n) is 3.63. The Balaban J connectivity index is 0.00000162. The number of primary amides is 1. The maximum atomic E-state index is 11.2. The number of hydrogen-bond donors (Lipinski definition) is 1. The number of carbonyl (C=O) groups is 1. The third-order valence-electron chi connectivity index (χ3n) is 2.39. The lowest BCUT2D eigenvalue weighted by molar-refractivity contribution is 0.0996. The summed E-state index contributed by atoms with van der Waals surface area (Å²) in [6, 6.07) is 16.7. The maximum absolute atomic E-state index is 11.2. The van der Waals surface area contributed by atoms with Crippen molar-refractivity contribution in [1.82, 2.24) is 0 Å². The molecule has 0 atom stereocenters. The minimum atomic E-state index is -0.478. The molecule has 0 spiro atoms. The second-order valence-corrected chi connectivity index (χ2v) is 3.63. The van der Waals surface area contributed by atoms with Gasteiger partial charge < -0.3 is 10.5 Å². The zero-order chi connectivity index (χ0) is 12.1. The second kappa shape index (κ2) is 6.67. The number of para-hydroxylation sites is 1. The van der Waals surface area contributed by atoms with Gasteiger partial charge in [-0.3, -0.25) is 4.79 Å². The Hall–Kier alpha value is -2.00. The minimum Gasteiger partial charge on any atom is -0.488 e. The van der Waals surface area contributed by atoms with Gasteiger partial charge in [0.1, 0.15) is 12.4 Å². The Labute approximate surface area is 112 Å². The number of halogens is 1. The monoisotopic (exact) mass is 263 g/mol. The number of nitrogens with two attached hydrogens (primary N) is 1. The molecule has 2 N–H and O–H groups in total. The first kappa shape index (κ1) is 14.1. The SMILES string of the molecule is Cl.NC(=O)c1ccccc1OCc1ccccc1. The van der Waals surface area contributed by atoms with Crippen molar-refractivity contribution in [3.05, 3.63) is 65.7 Å². The summed E-state index contributed by atoms with van der Waals surface area (Å²) in [5, 5.41) is 0. The van der Waals surface area contributed by atoms with Crippen LogP contribution in [0.5, 0.6) is 5.75 Å². The summed E-state index contributed by atoms with van der Waals surface area (Å²) in [7, 11) is 0. The summed E-state index contributed by atoms with van der Waals surface area (Å²) < 4.78 is 5.58. The van der Waals surface area contributed by atoms with Crippen molar-refractivity contribution in [1.29, 1.82) is 0 Å². The molecule has 0 saturated carbocycles. The molecule has 0 radical (unpaired) electrons. The summed E-state index contributed by atoms with van der Waals surface area (Å²) in [5.41, 5.74) is 6.72. The minimum absolute atomic E-state index is 0. The molecular formula is C14H14ClNO2. The molecule has 0 heterocycles. The van der Waals surface area contributed by atoms with E-state index in [9.17, 15) is 4.79 Å². The Morgan fingerprint density at radius 2 is 1.61 bits per heavy atom. The van der Waals surface area contributed by atoms with Gasteiger partial charge in [-0.25, -0.2) is 0 Å². The van der Waals surface area contributed by atoms with Gasteiger partial charge in [0.25, 0.3) is 5.91 Å². The quantitative estimate of drug-likeness (QED) is 0.922. The average Bonchev–Trinajstić information content (AvgIpc) is 2.38. The fourth-order valence-electron chi connectivity index (χ4n) is 1.53. The molecule has 2 rings (SSSR count). The largest absolute Gasteiger partial charge is 0.488 e. The predicted molar refractivity (Wildman–Crippen MR) is 73.0 cm³/mol. The van der Waals surface area contributed by atoms with Gasteiger partial charge in [-0.2, -0.15) is 0 Å². The molecule has 1 amide bonds. The molecular weight excluding hydrogens is 250 g/mol. The van der Waals surface area contributed by atoms with E-state index in [0.717, 1.165) is 5.56 Å². The van der Waals surface area contributed by atoms with E-state index in [1.54, 1.807) is 18.2 Å². The zero-order valence-corrected chi connectivity index (χ0v) is 10.5. The van der Waals surface area contributed by atoms with Crippen LogP contribution in [0, 0.1) is 0 Å². The van der Waals surface area contributed by atoms with Crippen molar-refractivity contribution in [3.8, 4) is 5.75 Å². The third-order valence-corrected chi connectivity index (χ3v) is 2.39. The molecule has 4 heteroatoms. The van der Waals surface area contributed by atoms with Crippen molar-refractivity contribution in [2.24, 2.45) is 5.73 Å². The highest BCUT2D eigenvalue weighted by Gasteiger charge is 2.07. The van der Waals surface area contributed by atoms with Gasteiger partial charge in [0.15, 0.2) is 0 Å². The normalized spacial score (nSPS) is 9.33. The first-order valence-electron chi connectivity index (χ1n) is 5.33. The number of hydrogen-bond acceptors (Lipinski definition) is 2. The van der Waals surface area contributed by atoms with Crippen LogP contribution in [0.3, 0.4) is 0 Å². The van der Waals surface area contributed by atoms with E-state index in [-0.39, 0.29) is 12.4 Å². The standard InChI is InChI=1S/C14H13NO2.ClH/c15-14(16)12-8-4-5-9-13(12)17-10-11-6-2-1-3-7-11;/h1-9H,10H2,(H2,15,16);1H. The van der Waals surface area contributed by atoms with E-state index >= 15 is 0 Å². The maximum Gasteiger partial charge on any atom is 0.252 e. The van der Waals surface area contributed by atoms with E-state index < -0.39 is 5.91 Å². The molecule has 0 saturated heterocycles. The van der Waals surface area contributed by atoms with Crippen molar-refractivity contribution in [3.63, 3.8) is 0 Å². The molecule has 0 aliphatic carbocycles. The van der Waals surface area contributed by atoms with E-state index in [1.165, 1.54) is 0 Å². The van der Waals surface area contributed by atoms with Gasteiger partial charge in [-0.1, -0.05) is 42.5 Å². The molecule has 0 aromatic heterocycles. The zero-order valence-electron chi connectivity index (χ0n) is 9.71. The van der Waals surface area contributed by atoms with Gasteiger partial charge in [0.2, 0.25) is 0 Å². The lowest BCUT2D eigenvalue weighted by atomic mass is 10.2. The molecule has 18 heavy (non-hydrogen) atoms. The number of rotatable bonds is 4. The predicted octanol–water partition coefficient (Wildman–Crippen LogP) is 2.79. The van der Waals surface area contributed by atoms with Crippen LogP contribution in [-0.4, -0.2) is 5.91 Å². The van der Waals surface area contributed by atoms with Crippen LogP contribution in [-0.2, 0) is 6.61 Å². The molecule has 0 aliphatic heterocycles. The molecule has 3 nitrogen and oxygen atoms in total. The molecule has 2 aromatic rings. The number of benzene rings is 2. The van der Waals surface area contributed by atoms with E-state index in [0.29, 0.717) is 17.9 Å². The highest BCUT2D eigenvalue weighted by atomic mass is 35.5. The number of ether oxygens (including phenoxy) is 1. The van der Waals surface area contributed by atoms with Crippen molar-refractivity contribution in [2.75, 3.05) is 0 Å². The topological polar surface area (TPSA) is 52.3 Å². The summed E-state index contributed by atoms with van der Waals surface area (Å²) in [4.78, 5) is 11.2. The van der Waals surface area contributed by atoms with Gasteiger partial charge in [0, 0.05) is 0 Å². The Morgan fingerprint density at radius 1 is 1.00 bits per heavy atom. The molecule has 0 bridgehead atoms. The van der Waals surface area contributed by atoms with Crippen LogP contribution in [0.1, 0.15) is 15.9 Å². The molecule has 0 unspecified atom stereocenters. The molecule has 2 aromatic carbocycles. The lowest BCUT2D eigenvalue weighted by Crippen LogP contribution is -2.12. The Morgan fingerprint density at radius 3 is 2.28 bits per heavy atom. The Bertz CT molecular complexity index is 514. The van der Waals surface area contributed by atoms with Crippen LogP contribution in [0.2, 0.25) is 0 Å². The number of amides is 1. The fourth-order valence-corrected chi connectivity index (χ4v) is 1.53. The van der Waals surface area contributed by atoms with Crippen LogP contribution in [0.15, 0.2) is 54.6 Å². The summed E-state index contributed by atoms with van der Waals surface area (Å²) >= 11 is 0. The summed E-state index contributed by atoms with van der Waals surface area (Å²) in [6.07, 6.45) is 0. The first-order valence-corrected chi connectivity index (χ1v) is 5.33. The van der Waals surface area contributed by atoms with Gasteiger partial charge in [-0.05, 0) is 17.7 Å². The smallest absolute Gasteiger partial charge is 0.252 e. The molecule has 94 valence electrons. The molecule has 0 fully saturated rings. The van der Waals surface area contributed by atoms with E-state index in [2.05, 4.69) is 0 Å². The molecule has 0 aliphatic rings. The van der Waals surface area contributed by atoms with E-state index in [4.69, 9.17) is 10.5 Å². The van der Waals surface area contributed by atoms with Crippen LogP contribution >= 0.6 is 12.4 Å². The van der Waals surface area contributed by atoms with Gasteiger partial charge in [0.05, 0.1) is 5.56 Å². The highest BCUT2D eigenvalue weighted by molar-refractivity contribution is 5.95. The number of carbonyl (C=O) groups excluding carboxylic acids is 1. The highest BCUT2D eigenvalue weighted by Crippen LogP contribution is 2.18. The Kier molecular flexibility index (Phi) is 5.21. The van der Waals surface area contributed by atoms with E-state index in [1.807, 2.05) is 36.4 Å². The van der Waals surface area contributed by atoms with Gasteiger partial charge >= 0.3 is 0 Å². The van der Waals surface area contributed by atoms with Crippen molar-refractivity contribution < 1.29 is 9.53 Å². The van der Waals surface area contributed by atoms with Crippen LogP contribution in [0.4, 0.5) is 0 Å². The van der Waals surface area contributed by atoms with Crippen molar-refractivity contribution >= 4 is 18.3 Å². The summed E-state index contributed by atoms with van der Waals surface area (Å²) in [6.45, 7) is 0.422. The fraction of sp³-hybridized carbons (Fsp3) is 0.0714. The van der Waals surface area contributed by atoms with Crippen LogP contribution < -0.4 is 10.5 Å². The third kappa shape index (κ3) is 3.50. The van der Waals surface area contributed by atoms with Crippen molar-refractivity contribution in [2.45, 2.75) is 6.61 Å². The average molecular weight is 264 g/mol. The lowest BCUT2D eigenvalue weighted by Gasteiger charge is -2.09. The summed E-state index contributed by atoms with van der Waals surface area (Å²) in [5.74, 6) is 0.0394. The van der Waals surface area contributed by atoms with Gasteiger partial charge in [-0.15, -0.1) is 12.4 Å².